The van der Waals surface area contributed by atoms with E-state index in [-0.39, 0.29) is 4.90 Å². The quantitative estimate of drug-likeness (QED) is 0.314. The molecule has 0 amide bonds. The Morgan fingerprint density at radius 3 is 2.41 bits per heavy atom. The second-order valence-corrected chi connectivity index (χ2v) is 10.6. The number of hydrogen-bond donors (Lipinski definition) is 0. The van der Waals surface area contributed by atoms with Crippen LogP contribution in [0.4, 0.5) is 13.2 Å². The van der Waals surface area contributed by atoms with Gasteiger partial charge < -0.3 is 0 Å². The fraction of sp³-hybridized carbons (Fsp3) is 0.136. The van der Waals surface area contributed by atoms with Crippen molar-refractivity contribution in [3.05, 3.63) is 71.9 Å². The molecular weight excluding hydrogens is 481 g/mol. The molecule has 32 heavy (non-hydrogen) atoms. The van der Waals surface area contributed by atoms with E-state index in [1.54, 1.807) is 54.6 Å². The summed E-state index contributed by atoms with van der Waals surface area (Å²) in [7, 11) is -3.39. The number of hydrogen-bond acceptors (Lipinski definition) is 4. The summed E-state index contributed by atoms with van der Waals surface area (Å²) in [6.45, 7) is -1.25. The molecule has 0 radical (unpaired) electrons. The number of thiophene rings is 1. The molecule has 0 saturated heterocycles. The molecule has 0 saturated carbocycles. The first-order valence-corrected chi connectivity index (χ1v) is 12.4. The van der Waals surface area contributed by atoms with Gasteiger partial charge in [-0.05, 0) is 35.9 Å². The van der Waals surface area contributed by atoms with Crippen molar-refractivity contribution in [3.8, 4) is 32.1 Å². The first-order valence-electron chi connectivity index (χ1n) is 9.31. The largest absolute Gasteiger partial charge is 0.408 e. The summed E-state index contributed by atoms with van der Waals surface area (Å²) in [5, 5.41) is 4.39. The summed E-state index contributed by atoms with van der Waals surface area (Å²) in [5.74, 6) is 0. The minimum absolute atomic E-state index is 0.170. The Kier molecular flexibility index (Phi) is 5.91. The zero-order chi connectivity index (χ0) is 23.1. The van der Waals surface area contributed by atoms with Crippen LogP contribution in [0, 0.1) is 0 Å². The number of nitrogens with zero attached hydrogens (tertiary/aromatic N) is 2. The molecule has 0 atom stereocenters. The molecule has 10 heteroatoms. The highest BCUT2D eigenvalue weighted by Gasteiger charge is 2.31. The molecular formula is C22H16ClF3N2O2S2. The zero-order valence-corrected chi connectivity index (χ0v) is 19.0. The molecule has 2 heterocycles. The van der Waals surface area contributed by atoms with Crippen molar-refractivity contribution in [2.75, 3.05) is 6.26 Å². The first kappa shape index (κ1) is 22.6. The lowest BCUT2D eigenvalue weighted by Gasteiger charge is -2.11. The predicted octanol–water partition coefficient (Wildman–Crippen LogP) is 6.56. The summed E-state index contributed by atoms with van der Waals surface area (Å²) in [5.41, 5.74) is 2.01. The summed E-state index contributed by atoms with van der Waals surface area (Å²) < 4.78 is 64.3. The van der Waals surface area contributed by atoms with Crippen LogP contribution in [0.3, 0.4) is 0 Å². The minimum atomic E-state index is -4.46. The monoisotopic (exact) mass is 496 g/mol. The highest BCUT2D eigenvalue weighted by molar-refractivity contribution is 7.90. The lowest BCUT2D eigenvalue weighted by Crippen LogP contribution is -2.19. The van der Waals surface area contributed by atoms with Crippen molar-refractivity contribution in [2.24, 2.45) is 0 Å². The molecule has 0 N–H and O–H groups in total. The maximum Gasteiger partial charge on any atom is 0.408 e. The van der Waals surface area contributed by atoms with Gasteiger partial charge in [-0.3, -0.25) is 4.68 Å². The van der Waals surface area contributed by atoms with Crippen molar-refractivity contribution < 1.29 is 21.6 Å². The molecule has 0 aliphatic heterocycles. The van der Waals surface area contributed by atoms with Gasteiger partial charge in [0.25, 0.3) is 0 Å². The Hall–Kier alpha value is -2.62. The Bertz CT molecular complexity index is 1390. The third kappa shape index (κ3) is 4.74. The van der Waals surface area contributed by atoms with Crippen molar-refractivity contribution in [2.45, 2.75) is 17.6 Å². The SMILES string of the molecule is CS(=O)(=O)c1cccc(-c2ccc(-c3c(-c4ccccc4Cl)cnn3CC(F)(F)F)s2)c1. The Morgan fingerprint density at radius 2 is 1.72 bits per heavy atom. The Balaban J connectivity index is 1.85. The topological polar surface area (TPSA) is 52.0 Å². The Morgan fingerprint density at radius 1 is 1.00 bits per heavy atom. The van der Waals surface area contributed by atoms with Gasteiger partial charge in [0.05, 0.1) is 21.7 Å². The van der Waals surface area contributed by atoms with Crippen LogP contribution in [-0.2, 0) is 16.4 Å². The number of aromatic nitrogens is 2. The lowest BCUT2D eigenvalue weighted by molar-refractivity contribution is -0.142. The van der Waals surface area contributed by atoms with E-state index < -0.39 is 22.6 Å². The van der Waals surface area contributed by atoms with Crippen LogP contribution in [0.5, 0.6) is 0 Å². The number of sulfone groups is 1. The van der Waals surface area contributed by atoms with Crippen LogP contribution in [0.15, 0.2) is 71.8 Å². The van der Waals surface area contributed by atoms with Crippen LogP contribution in [0.25, 0.3) is 32.1 Å². The highest BCUT2D eigenvalue weighted by atomic mass is 35.5. The molecule has 2 aromatic carbocycles. The third-order valence-electron chi connectivity index (χ3n) is 4.72. The van der Waals surface area contributed by atoms with E-state index in [0.717, 1.165) is 15.8 Å². The molecule has 0 fully saturated rings. The van der Waals surface area contributed by atoms with Gasteiger partial charge in [0.1, 0.15) is 6.54 Å². The van der Waals surface area contributed by atoms with Crippen LogP contribution in [0.2, 0.25) is 5.02 Å². The van der Waals surface area contributed by atoms with Gasteiger partial charge in [-0.25, -0.2) is 8.42 Å². The molecule has 2 aromatic heterocycles. The van der Waals surface area contributed by atoms with Crippen molar-refractivity contribution in [1.82, 2.24) is 9.78 Å². The Labute approximate surface area is 191 Å². The van der Waals surface area contributed by atoms with Crippen LogP contribution in [-0.4, -0.2) is 30.6 Å². The van der Waals surface area contributed by atoms with Gasteiger partial charge in [0.2, 0.25) is 0 Å². The molecule has 0 bridgehead atoms. The summed E-state index contributed by atoms with van der Waals surface area (Å²) in [6, 6.07) is 16.8. The molecule has 0 aliphatic carbocycles. The minimum Gasteiger partial charge on any atom is -0.254 e. The lowest BCUT2D eigenvalue weighted by atomic mass is 10.1. The van der Waals surface area contributed by atoms with Crippen LogP contribution >= 0.6 is 22.9 Å². The van der Waals surface area contributed by atoms with Gasteiger partial charge in [0.15, 0.2) is 9.84 Å². The van der Waals surface area contributed by atoms with Crippen LogP contribution < -0.4 is 0 Å². The standard InChI is InChI=1S/C22H16ClF3N2O2S2/c1-32(29,30)15-6-4-5-14(11-15)19-9-10-20(31-19)21-17(16-7-2-3-8-18(16)23)12-27-28(21)13-22(24,25)26/h2-12H,13H2,1H3. The van der Waals surface area contributed by atoms with Crippen molar-refractivity contribution in [3.63, 3.8) is 0 Å². The second kappa shape index (κ2) is 8.38. The van der Waals surface area contributed by atoms with Gasteiger partial charge in [-0.2, -0.15) is 18.3 Å². The fourth-order valence-corrected chi connectivity index (χ4v) is 5.28. The average Bonchev–Trinajstić information content (AvgIpc) is 3.34. The maximum atomic E-state index is 13.2. The normalized spacial score (nSPS) is 12.3. The van der Waals surface area contributed by atoms with E-state index in [1.807, 2.05) is 0 Å². The average molecular weight is 497 g/mol. The van der Waals surface area contributed by atoms with Gasteiger partial charge >= 0.3 is 6.18 Å². The van der Waals surface area contributed by atoms with E-state index in [4.69, 9.17) is 11.6 Å². The molecule has 4 aromatic rings. The van der Waals surface area contributed by atoms with E-state index in [1.165, 1.54) is 23.6 Å². The van der Waals surface area contributed by atoms with E-state index in [0.29, 0.717) is 32.3 Å². The highest BCUT2D eigenvalue weighted by Crippen LogP contribution is 2.42. The summed E-state index contributed by atoms with van der Waals surface area (Å²) in [6.07, 6.45) is -1.95. The zero-order valence-electron chi connectivity index (χ0n) is 16.6. The number of benzene rings is 2. The van der Waals surface area contributed by atoms with E-state index in [9.17, 15) is 21.6 Å². The smallest absolute Gasteiger partial charge is 0.254 e. The number of alkyl halides is 3. The second-order valence-electron chi connectivity index (χ2n) is 7.12. The first-order chi connectivity index (χ1) is 15.0. The molecule has 166 valence electrons. The molecule has 4 nitrogen and oxygen atoms in total. The van der Waals surface area contributed by atoms with E-state index >= 15 is 0 Å². The molecule has 0 spiro atoms. The van der Waals surface area contributed by atoms with Gasteiger partial charge in [-0.15, -0.1) is 11.3 Å². The maximum absolute atomic E-state index is 13.2. The summed E-state index contributed by atoms with van der Waals surface area (Å²) >= 11 is 7.56. The number of rotatable bonds is 5. The van der Waals surface area contributed by atoms with Crippen LogP contribution in [0.1, 0.15) is 0 Å². The third-order valence-corrected chi connectivity index (χ3v) is 7.30. The van der Waals surface area contributed by atoms with Gasteiger partial charge in [-0.1, -0.05) is 41.9 Å². The fourth-order valence-electron chi connectivity index (χ4n) is 3.31. The number of halogens is 4. The van der Waals surface area contributed by atoms with Gasteiger partial charge in [0, 0.05) is 27.3 Å². The van der Waals surface area contributed by atoms with Crippen molar-refractivity contribution >= 4 is 32.8 Å². The predicted molar refractivity (Wildman–Crippen MR) is 121 cm³/mol. The molecule has 4 rings (SSSR count). The van der Waals surface area contributed by atoms with Crippen molar-refractivity contribution in [1.29, 1.82) is 0 Å². The molecule has 0 aliphatic rings. The molecule has 0 unspecified atom stereocenters. The summed E-state index contributed by atoms with van der Waals surface area (Å²) in [4.78, 5) is 1.45. The van der Waals surface area contributed by atoms with E-state index in [2.05, 4.69) is 5.10 Å².